The van der Waals surface area contributed by atoms with E-state index < -0.39 is 0 Å². The fourth-order valence-corrected chi connectivity index (χ4v) is 4.31. The minimum Gasteiger partial charge on any atom is -0.381 e. The fourth-order valence-electron chi connectivity index (χ4n) is 4.31. The molecular formula is C23H30N4O2. The number of carbonyl (C=O) groups is 1. The van der Waals surface area contributed by atoms with Crippen molar-refractivity contribution in [2.24, 2.45) is 5.92 Å². The van der Waals surface area contributed by atoms with E-state index in [4.69, 9.17) is 9.72 Å². The molecule has 0 bridgehead atoms. The Labute approximate surface area is 172 Å². The summed E-state index contributed by atoms with van der Waals surface area (Å²) in [5.41, 5.74) is 4.82. The molecule has 2 aromatic rings. The molecular weight excluding hydrogens is 364 g/mol. The molecule has 154 valence electrons. The third-order valence-corrected chi connectivity index (χ3v) is 6.10. The van der Waals surface area contributed by atoms with Gasteiger partial charge in [0.1, 0.15) is 11.6 Å². The van der Waals surface area contributed by atoms with Gasteiger partial charge in [-0.1, -0.05) is 24.3 Å². The fraction of sp³-hybridized carbons (Fsp3) is 0.522. The lowest BCUT2D eigenvalue weighted by Crippen LogP contribution is -2.51. The van der Waals surface area contributed by atoms with Crippen molar-refractivity contribution < 1.29 is 9.53 Å². The van der Waals surface area contributed by atoms with Crippen LogP contribution in [-0.4, -0.2) is 60.2 Å². The Kier molecular flexibility index (Phi) is 5.81. The van der Waals surface area contributed by atoms with Crippen molar-refractivity contribution in [3.63, 3.8) is 0 Å². The van der Waals surface area contributed by atoms with Crippen molar-refractivity contribution in [1.29, 1.82) is 0 Å². The number of hydrogen-bond donors (Lipinski definition) is 0. The van der Waals surface area contributed by atoms with E-state index >= 15 is 0 Å². The van der Waals surface area contributed by atoms with Crippen LogP contribution in [0.2, 0.25) is 0 Å². The highest BCUT2D eigenvalue weighted by Gasteiger charge is 2.31. The van der Waals surface area contributed by atoms with E-state index in [1.165, 1.54) is 16.7 Å². The maximum Gasteiger partial charge on any atom is 0.228 e. The van der Waals surface area contributed by atoms with Gasteiger partial charge in [-0.2, -0.15) is 0 Å². The van der Waals surface area contributed by atoms with Gasteiger partial charge in [0.2, 0.25) is 5.91 Å². The lowest BCUT2D eigenvalue weighted by molar-refractivity contribution is -0.135. The van der Waals surface area contributed by atoms with Gasteiger partial charge in [-0.05, 0) is 38.3 Å². The second-order valence-corrected chi connectivity index (χ2v) is 8.13. The molecule has 0 radical (unpaired) electrons. The summed E-state index contributed by atoms with van der Waals surface area (Å²) in [6.07, 6.45) is 1.68. The van der Waals surface area contributed by atoms with E-state index in [2.05, 4.69) is 48.0 Å². The van der Waals surface area contributed by atoms with Crippen LogP contribution in [-0.2, 0) is 16.0 Å². The zero-order chi connectivity index (χ0) is 20.4. The van der Waals surface area contributed by atoms with Crippen LogP contribution in [0.1, 0.15) is 34.6 Å². The molecule has 1 amide bonds. The molecule has 2 aliphatic rings. The number of hydrogen-bond acceptors (Lipinski definition) is 5. The highest BCUT2D eigenvalue weighted by molar-refractivity contribution is 5.79. The van der Waals surface area contributed by atoms with Crippen molar-refractivity contribution in [1.82, 2.24) is 14.9 Å². The number of rotatable bonds is 4. The number of aromatic nitrogens is 2. The van der Waals surface area contributed by atoms with Crippen LogP contribution in [0.5, 0.6) is 0 Å². The number of carbonyl (C=O) groups excluding carboxylic acids is 1. The van der Waals surface area contributed by atoms with Crippen LogP contribution in [0.3, 0.4) is 0 Å². The van der Waals surface area contributed by atoms with Gasteiger partial charge in [0.15, 0.2) is 0 Å². The number of amides is 1. The zero-order valence-corrected chi connectivity index (χ0v) is 17.6. The molecule has 4 rings (SSSR count). The quantitative estimate of drug-likeness (QED) is 0.798. The van der Waals surface area contributed by atoms with E-state index in [1.807, 2.05) is 11.8 Å². The Bertz CT molecular complexity index is 884. The van der Waals surface area contributed by atoms with E-state index in [1.54, 1.807) is 0 Å². The Hall–Kier alpha value is -2.47. The third-order valence-electron chi connectivity index (χ3n) is 6.10. The van der Waals surface area contributed by atoms with Crippen molar-refractivity contribution in [3.8, 4) is 0 Å². The maximum absolute atomic E-state index is 12.7. The number of ether oxygens (including phenoxy) is 1. The number of nitrogens with zero attached hydrogens (tertiary/aromatic N) is 4. The van der Waals surface area contributed by atoms with Crippen molar-refractivity contribution in [2.75, 3.05) is 44.3 Å². The van der Waals surface area contributed by atoms with Gasteiger partial charge in [0, 0.05) is 50.5 Å². The van der Waals surface area contributed by atoms with Crippen LogP contribution >= 0.6 is 0 Å². The predicted octanol–water partition coefficient (Wildman–Crippen LogP) is 2.68. The summed E-state index contributed by atoms with van der Waals surface area (Å²) in [7, 11) is 0. The normalized spacial score (nSPS) is 19.6. The molecule has 1 unspecified atom stereocenters. The molecule has 2 saturated heterocycles. The first-order chi connectivity index (χ1) is 14.0. The first kappa shape index (κ1) is 19.8. The van der Waals surface area contributed by atoms with E-state index in [-0.39, 0.29) is 11.8 Å². The van der Waals surface area contributed by atoms with Gasteiger partial charge < -0.3 is 14.5 Å². The Balaban J connectivity index is 1.52. The van der Waals surface area contributed by atoms with E-state index in [9.17, 15) is 4.79 Å². The lowest BCUT2D eigenvalue weighted by atomic mass is 9.99. The van der Waals surface area contributed by atoms with Crippen LogP contribution in [0.4, 0.5) is 5.82 Å². The molecule has 6 heteroatoms. The summed E-state index contributed by atoms with van der Waals surface area (Å²) in [4.78, 5) is 26.5. The molecule has 1 aromatic heterocycles. The van der Waals surface area contributed by atoms with Crippen molar-refractivity contribution in [2.45, 2.75) is 33.6 Å². The van der Waals surface area contributed by atoms with Crippen molar-refractivity contribution >= 4 is 11.7 Å². The molecule has 1 atom stereocenters. The molecule has 6 nitrogen and oxygen atoms in total. The second-order valence-electron chi connectivity index (χ2n) is 8.13. The van der Waals surface area contributed by atoms with Gasteiger partial charge in [-0.25, -0.2) is 9.97 Å². The molecule has 2 fully saturated rings. The van der Waals surface area contributed by atoms with Gasteiger partial charge >= 0.3 is 0 Å². The monoisotopic (exact) mass is 394 g/mol. The standard InChI is InChI=1S/C23H30N4O2/c1-16-6-4-5-7-19(16)14-21-17(2)24-18(3)25-22(21)26-9-11-27(12-10-26)23(28)20-8-13-29-15-20/h4-7,20H,8-15H2,1-3H3. The summed E-state index contributed by atoms with van der Waals surface area (Å²) >= 11 is 0. The van der Waals surface area contributed by atoms with Gasteiger partial charge in [-0.15, -0.1) is 0 Å². The second kappa shape index (κ2) is 8.49. The van der Waals surface area contributed by atoms with Crippen LogP contribution in [0, 0.1) is 26.7 Å². The number of benzene rings is 1. The molecule has 0 spiro atoms. The zero-order valence-electron chi connectivity index (χ0n) is 17.6. The molecule has 0 saturated carbocycles. The van der Waals surface area contributed by atoms with Crippen LogP contribution in [0.15, 0.2) is 24.3 Å². The SMILES string of the molecule is Cc1nc(C)c(Cc2ccccc2C)c(N2CCN(C(=O)C3CCOC3)CC2)n1. The summed E-state index contributed by atoms with van der Waals surface area (Å²) in [6.45, 7) is 10.5. The number of aryl methyl sites for hydroxylation is 3. The average molecular weight is 395 g/mol. The number of piperazine rings is 1. The highest BCUT2D eigenvalue weighted by atomic mass is 16.5. The molecule has 2 aliphatic heterocycles. The molecule has 0 aliphatic carbocycles. The molecule has 29 heavy (non-hydrogen) atoms. The predicted molar refractivity (Wildman–Crippen MR) is 113 cm³/mol. The highest BCUT2D eigenvalue weighted by Crippen LogP contribution is 2.26. The average Bonchev–Trinajstić information content (AvgIpc) is 3.26. The number of anilines is 1. The van der Waals surface area contributed by atoms with E-state index in [0.717, 1.165) is 56.4 Å². The van der Waals surface area contributed by atoms with E-state index in [0.29, 0.717) is 13.2 Å². The minimum atomic E-state index is 0.0432. The maximum atomic E-state index is 12.7. The third kappa shape index (κ3) is 4.27. The molecule has 0 N–H and O–H groups in total. The van der Waals surface area contributed by atoms with Crippen molar-refractivity contribution in [3.05, 3.63) is 52.5 Å². The topological polar surface area (TPSA) is 58.6 Å². The summed E-state index contributed by atoms with van der Waals surface area (Å²) in [6, 6.07) is 8.49. The molecule has 3 heterocycles. The largest absolute Gasteiger partial charge is 0.381 e. The smallest absolute Gasteiger partial charge is 0.228 e. The Morgan fingerprint density at radius 2 is 1.86 bits per heavy atom. The molecule has 1 aromatic carbocycles. The van der Waals surface area contributed by atoms with Crippen LogP contribution in [0.25, 0.3) is 0 Å². The van der Waals surface area contributed by atoms with Crippen LogP contribution < -0.4 is 4.90 Å². The van der Waals surface area contributed by atoms with Gasteiger partial charge in [0.05, 0.1) is 12.5 Å². The first-order valence-electron chi connectivity index (χ1n) is 10.5. The van der Waals surface area contributed by atoms with Gasteiger partial charge in [0.25, 0.3) is 0 Å². The summed E-state index contributed by atoms with van der Waals surface area (Å²) in [5.74, 6) is 2.11. The summed E-state index contributed by atoms with van der Waals surface area (Å²) < 4.78 is 5.39. The first-order valence-corrected chi connectivity index (χ1v) is 10.5. The summed E-state index contributed by atoms with van der Waals surface area (Å²) in [5, 5.41) is 0. The lowest BCUT2D eigenvalue weighted by Gasteiger charge is -2.37. The Morgan fingerprint density at radius 3 is 2.55 bits per heavy atom. The Morgan fingerprint density at radius 1 is 1.10 bits per heavy atom. The minimum absolute atomic E-state index is 0.0432. The van der Waals surface area contributed by atoms with Gasteiger partial charge in [-0.3, -0.25) is 4.79 Å².